The Balaban J connectivity index is 1.59. The van der Waals surface area contributed by atoms with Crippen molar-refractivity contribution in [2.24, 2.45) is 5.92 Å². The summed E-state index contributed by atoms with van der Waals surface area (Å²) in [6.45, 7) is 3.03. The molecule has 4 rings (SSSR count). The zero-order valence-electron chi connectivity index (χ0n) is 17.0. The van der Waals surface area contributed by atoms with E-state index < -0.39 is 9.84 Å². The molecule has 0 N–H and O–H groups in total. The Hall–Kier alpha value is -2.15. The Morgan fingerprint density at radius 1 is 1.14 bits per heavy atom. The topological polar surface area (TPSA) is 72.3 Å². The molecule has 1 amide bonds. The predicted octanol–water partition coefficient (Wildman–Crippen LogP) is 3.73. The third kappa shape index (κ3) is 4.39. The summed E-state index contributed by atoms with van der Waals surface area (Å²) in [5, 5.41) is 0.142. The van der Waals surface area contributed by atoms with E-state index in [0.29, 0.717) is 13.1 Å². The van der Waals surface area contributed by atoms with Gasteiger partial charge in [-0.3, -0.25) is 4.79 Å². The van der Waals surface area contributed by atoms with Crippen molar-refractivity contribution in [2.75, 3.05) is 6.54 Å². The first-order chi connectivity index (χ1) is 14.0. The van der Waals surface area contributed by atoms with Crippen LogP contribution in [0, 0.1) is 5.92 Å². The normalized spacial score (nSPS) is 17.6. The number of sulfone groups is 1. The molecule has 0 radical (unpaired) electrons. The van der Waals surface area contributed by atoms with E-state index in [1.54, 1.807) is 6.20 Å². The largest absolute Gasteiger partial charge is 0.337 e. The minimum absolute atomic E-state index is 0.0600. The molecule has 0 atom stereocenters. The van der Waals surface area contributed by atoms with E-state index in [9.17, 15) is 13.2 Å². The molecule has 7 heteroatoms. The summed E-state index contributed by atoms with van der Waals surface area (Å²) in [4.78, 5) is 19.1. The zero-order chi connectivity index (χ0) is 20.4. The number of rotatable bonds is 8. The fraction of sp³-hybridized carbons (Fsp3) is 0.545. The molecule has 0 saturated heterocycles. The van der Waals surface area contributed by atoms with E-state index in [1.807, 2.05) is 46.7 Å². The van der Waals surface area contributed by atoms with Gasteiger partial charge in [0.25, 0.3) is 0 Å². The fourth-order valence-electron chi connectivity index (χ4n) is 4.28. The summed E-state index contributed by atoms with van der Waals surface area (Å²) in [6.07, 6.45) is 7.74. The highest BCUT2D eigenvalue weighted by atomic mass is 32.2. The van der Waals surface area contributed by atoms with Crippen molar-refractivity contribution < 1.29 is 13.2 Å². The Morgan fingerprint density at radius 2 is 1.83 bits per heavy atom. The van der Waals surface area contributed by atoms with Gasteiger partial charge in [0.15, 0.2) is 0 Å². The SMILES string of the molecule is CCN(Cc1cnc(S(=O)(=O)Cc2ccccc2)n1C1CC1)C(=O)C1CCCC1. The van der Waals surface area contributed by atoms with Gasteiger partial charge in [-0.25, -0.2) is 13.4 Å². The average Bonchev–Trinajstić information content (AvgIpc) is 3.22. The number of carbonyl (C=O) groups is 1. The number of aromatic nitrogens is 2. The van der Waals surface area contributed by atoms with Crippen molar-refractivity contribution in [3.63, 3.8) is 0 Å². The average molecular weight is 416 g/mol. The lowest BCUT2D eigenvalue weighted by Crippen LogP contribution is -2.35. The summed E-state index contributed by atoms with van der Waals surface area (Å²) < 4.78 is 28.1. The Labute approximate surface area is 172 Å². The third-order valence-electron chi connectivity index (χ3n) is 5.98. The molecule has 0 unspecified atom stereocenters. The van der Waals surface area contributed by atoms with E-state index in [0.717, 1.165) is 49.8 Å². The molecular formula is C22H29N3O3S. The van der Waals surface area contributed by atoms with Crippen molar-refractivity contribution in [1.29, 1.82) is 0 Å². The molecule has 2 aliphatic rings. The molecule has 2 aliphatic carbocycles. The number of benzene rings is 1. The van der Waals surface area contributed by atoms with Crippen LogP contribution >= 0.6 is 0 Å². The fourth-order valence-corrected chi connectivity index (χ4v) is 5.82. The summed E-state index contributed by atoms with van der Waals surface area (Å²) in [6, 6.07) is 9.38. The van der Waals surface area contributed by atoms with Crippen molar-refractivity contribution >= 4 is 15.7 Å². The first-order valence-electron chi connectivity index (χ1n) is 10.6. The van der Waals surface area contributed by atoms with Gasteiger partial charge in [0.2, 0.25) is 20.9 Å². The van der Waals surface area contributed by atoms with Gasteiger partial charge < -0.3 is 9.47 Å². The highest BCUT2D eigenvalue weighted by Crippen LogP contribution is 2.39. The molecule has 2 fully saturated rings. The van der Waals surface area contributed by atoms with Crippen LogP contribution in [0.2, 0.25) is 0 Å². The summed E-state index contributed by atoms with van der Waals surface area (Å²) in [5.41, 5.74) is 1.58. The second-order valence-corrected chi connectivity index (χ2v) is 10.1. The molecule has 0 aliphatic heterocycles. The standard InChI is InChI=1S/C22H29N3O3S/c1-2-24(21(26)18-10-6-7-11-18)15-20-14-23-22(25(20)19-12-13-19)29(27,28)16-17-8-4-3-5-9-17/h3-5,8-9,14,18-19H,2,6-7,10-13,15-16H2,1H3. The van der Waals surface area contributed by atoms with Crippen LogP contribution in [0.15, 0.2) is 41.7 Å². The van der Waals surface area contributed by atoms with Gasteiger partial charge in [0, 0.05) is 18.5 Å². The lowest BCUT2D eigenvalue weighted by Gasteiger charge is -2.25. The van der Waals surface area contributed by atoms with Crippen LogP contribution in [-0.4, -0.2) is 35.3 Å². The maximum absolute atomic E-state index is 13.1. The molecule has 0 spiro atoms. The first kappa shape index (κ1) is 20.1. The van der Waals surface area contributed by atoms with Gasteiger partial charge in [0.1, 0.15) is 0 Å². The lowest BCUT2D eigenvalue weighted by atomic mass is 10.1. The summed E-state index contributed by atoms with van der Waals surface area (Å²) >= 11 is 0. The van der Waals surface area contributed by atoms with E-state index in [4.69, 9.17) is 0 Å². The second-order valence-electron chi connectivity index (χ2n) is 8.21. The van der Waals surface area contributed by atoms with E-state index in [-0.39, 0.29) is 28.8 Å². The monoisotopic (exact) mass is 415 g/mol. The molecule has 2 aromatic rings. The first-order valence-corrected chi connectivity index (χ1v) is 12.3. The predicted molar refractivity (Wildman–Crippen MR) is 111 cm³/mol. The van der Waals surface area contributed by atoms with E-state index in [2.05, 4.69) is 4.98 Å². The minimum atomic E-state index is -3.56. The number of carbonyl (C=O) groups excluding carboxylic acids is 1. The van der Waals surface area contributed by atoms with Crippen LogP contribution in [0.4, 0.5) is 0 Å². The third-order valence-corrected chi connectivity index (χ3v) is 7.55. The second kappa shape index (κ2) is 8.30. The molecule has 156 valence electrons. The maximum Gasteiger partial charge on any atom is 0.228 e. The molecule has 0 bridgehead atoms. The van der Waals surface area contributed by atoms with Crippen LogP contribution in [0.5, 0.6) is 0 Å². The quantitative estimate of drug-likeness (QED) is 0.659. The van der Waals surface area contributed by atoms with Crippen LogP contribution in [0.1, 0.15) is 62.7 Å². The molecular weight excluding hydrogens is 386 g/mol. The smallest absolute Gasteiger partial charge is 0.228 e. The minimum Gasteiger partial charge on any atom is -0.337 e. The van der Waals surface area contributed by atoms with Gasteiger partial charge in [-0.15, -0.1) is 0 Å². The van der Waals surface area contributed by atoms with Crippen LogP contribution in [-0.2, 0) is 26.9 Å². The number of hydrogen-bond acceptors (Lipinski definition) is 4. The molecule has 1 aromatic carbocycles. The van der Waals surface area contributed by atoms with Crippen molar-refractivity contribution in [1.82, 2.24) is 14.5 Å². The summed E-state index contributed by atoms with van der Waals surface area (Å²) in [5.74, 6) is 0.256. The molecule has 6 nitrogen and oxygen atoms in total. The summed E-state index contributed by atoms with van der Waals surface area (Å²) in [7, 11) is -3.56. The lowest BCUT2D eigenvalue weighted by molar-refractivity contribution is -0.135. The zero-order valence-corrected chi connectivity index (χ0v) is 17.8. The van der Waals surface area contributed by atoms with Gasteiger partial charge in [-0.05, 0) is 38.2 Å². The number of imidazole rings is 1. The van der Waals surface area contributed by atoms with E-state index >= 15 is 0 Å². The molecule has 1 aromatic heterocycles. The van der Waals surface area contributed by atoms with Crippen LogP contribution in [0.25, 0.3) is 0 Å². The molecule has 1 heterocycles. The van der Waals surface area contributed by atoms with E-state index in [1.165, 1.54) is 0 Å². The number of nitrogens with zero attached hydrogens (tertiary/aromatic N) is 3. The van der Waals surface area contributed by atoms with Crippen molar-refractivity contribution in [2.45, 2.75) is 68.9 Å². The molecule has 29 heavy (non-hydrogen) atoms. The Bertz CT molecular complexity index is 958. The van der Waals surface area contributed by atoms with Gasteiger partial charge in [-0.1, -0.05) is 43.2 Å². The van der Waals surface area contributed by atoms with Crippen LogP contribution in [0.3, 0.4) is 0 Å². The maximum atomic E-state index is 13.1. The highest BCUT2D eigenvalue weighted by molar-refractivity contribution is 7.90. The van der Waals surface area contributed by atoms with Crippen molar-refractivity contribution in [3.8, 4) is 0 Å². The van der Waals surface area contributed by atoms with Crippen LogP contribution < -0.4 is 0 Å². The number of hydrogen-bond donors (Lipinski definition) is 0. The highest BCUT2D eigenvalue weighted by Gasteiger charge is 2.34. The Morgan fingerprint density at radius 3 is 2.45 bits per heavy atom. The van der Waals surface area contributed by atoms with Gasteiger partial charge in [-0.2, -0.15) is 0 Å². The number of amides is 1. The van der Waals surface area contributed by atoms with Gasteiger partial charge in [0.05, 0.1) is 24.2 Å². The van der Waals surface area contributed by atoms with Crippen molar-refractivity contribution in [3.05, 3.63) is 47.8 Å². The molecule has 2 saturated carbocycles. The Kier molecular flexibility index (Phi) is 5.76. The van der Waals surface area contributed by atoms with Gasteiger partial charge >= 0.3 is 0 Å².